The van der Waals surface area contributed by atoms with Gasteiger partial charge in [-0.2, -0.15) is 31.4 Å². The molecule has 1 unspecified atom stereocenters. The van der Waals surface area contributed by atoms with Crippen LogP contribution in [0.2, 0.25) is 0 Å². The van der Waals surface area contributed by atoms with Crippen molar-refractivity contribution in [1.82, 2.24) is 24.9 Å². The van der Waals surface area contributed by atoms with E-state index in [1.165, 1.54) is 29.4 Å². The molecule has 42 heavy (non-hydrogen) atoms. The number of aromatic amines is 1. The first-order valence-corrected chi connectivity index (χ1v) is 12.3. The number of hydrogen-bond acceptors (Lipinski definition) is 7. The van der Waals surface area contributed by atoms with Gasteiger partial charge in [0.2, 0.25) is 0 Å². The molecule has 5 rings (SSSR count). The molecule has 0 fully saturated rings. The minimum atomic E-state index is -5.13. The number of hydrazone groups is 1. The fraction of sp³-hybridized carbons (Fsp3) is 0.222. The van der Waals surface area contributed by atoms with E-state index in [0.717, 1.165) is 12.4 Å². The van der Waals surface area contributed by atoms with Crippen molar-refractivity contribution in [3.05, 3.63) is 88.8 Å². The van der Waals surface area contributed by atoms with E-state index in [1.807, 2.05) is 0 Å². The van der Waals surface area contributed by atoms with E-state index in [2.05, 4.69) is 25.0 Å². The lowest BCUT2D eigenvalue weighted by molar-refractivity contribution is -0.150. The van der Waals surface area contributed by atoms with Gasteiger partial charge in [0, 0.05) is 23.5 Å². The van der Waals surface area contributed by atoms with E-state index < -0.39 is 52.7 Å². The first kappa shape index (κ1) is 28.7. The van der Waals surface area contributed by atoms with Crippen LogP contribution in [0.4, 0.5) is 30.7 Å². The second kappa shape index (κ2) is 10.9. The molecule has 2 aromatic heterocycles. The fourth-order valence-electron chi connectivity index (χ4n) is 4.34. The number of hydrogen-bond donors (Lipinski definition) is 1. The first-order chi connectivity index (χ1) is 19.9. The number of H-pyrrole nitrogens is 1. The van der Waals surface area contributed by atoms with Crippen molar-refractivity contribution in [1.29, 1.82) is 0 Å². The number of imidazole rings is 1. The molecule has 218 valence electrons. The van der Waals surface area contributed by atoms with Gasteiger partial charge in [-0.05, 0) is 37.3 Å². The maximum atomic E-state index is 14.3. The normalized spacial score (nSPS) is 14.0. The van der Waals surface area contributed by atoms with Crippen LogP contribution in [0.5, 0.6) is 0 Å². The van der Waals surface area contributed by atoms with E-state index in [9.17, 15) is 35.5 Å². The summed E-state index contributed by atoms with van der Waals surface area (Å²) in [6.07, 6.45) is -6.62. The smallest absolute Gasteiger partial charge is 0.417 e. The summed E-state index contributed by atoms with van der Waals surface area (Å²) in [6, 6.07) is 5.88. The lowest BCUT2D eigenvalue weighted by Crippen LogP contribution is -2.33. The highest BCUT2D eigenvalue weighted by atomic mass is 19.4. The molecule has 1 aliphatic rings. The molecular formula is C27H19F7N6O2. The molecule has 0 saturated carbocycles. The van der Waals surface area contributed by atoms with E-state index in [1.54, 1.807) is 13.0 Å². The second-order valence-electron chi connectivity index (χ2n) is 9.02. The number of fused-ring (bicyclic) bond motifs is 1. The largest absolute Gasteiger partial charge is 0.464 e. The lowest BCUT2D eigenvalue weighted by atomic mass is 10.0. The first-order valence-electron chi connectivity index (χ1n) is 12.3. The molecule has 15 heteroatoms. The average molecular weight is 592 g/mol. The molecule has 0 radical (unpaired) electrons. The van der Waals surface area contributed by atoms with Crippen LogP contribution in [-0.2, 0) is 28.4 Å². The van der Waals surface area contributed by atoms with Crippen molar-refractivity contribution in [3.63, 3.8) is 0 Å². The molecule has 0 spiro atoms. The van der Waals surface area contributed by atoms with Crippen molar-refractivity contribution in [2.45, 2.75) is 31.9 Å². The Kier molecular flexibility index (Phi) is 7.43. The molecule has 0 aliphatic carbocycles. The van der Waals surface area contributed by atoms with Crippen LogP contribution in [0.3, 0.4) is 0 Å². The molecule has 0 bridgehead atoms. The molecule has 1 atom stereocenters. The molecule has 2 aromatic carbocycles. The van der Waals surface area contributed by atoms with Gasteiger partial charge in [-0.15, -0.1) is 0 Å². The van der Waals surface area contributed by atoms with Crippen LogP contribution in [0.25, 0.3) is 22.8 Å². The summed E-state index contributed by atoms with van der Waals surface area (Å²) in [4.78, 5) is 28.2. The highest BCUT2D eigenvalue weighted by Crippen LogP contribution is 2.40. The van der Waals surface area contributed by atoms with Crippen molar-refractivity contribution < 1.29 is 40.3 Å². The number of nitrogens with one attached hydrogen (secondary N) is 1. The summed E-state index contributed by atoms with van der Waals surface area (Å²) >= 11 is 0. The summed E-state index contributed by atoms with van der Waals surface area (Å²) in [6.45, 7) is 1.56. The average Bonchev–Trinajstić information content (AvgIpc) is 3.36. The number of aromatic nitrogens is 4. The van der Waals surface area contributed by atoms with Crippen LogP contribution in [0.15, 0.2) is 60.0 Å². The summed E-state index contributed by atoms with van der Waals surface area (Å²) in [5, 5.41) is 5.57. The van der Waals surface area contributed by atoms with Gasteiger partial charge in [-0.1, -0.05) is 12.1 Å². The Balaban J connectivity index is 1.47. The van der Waals surface area contributed by atoms with Crippen molar-refractivity contribution in [3.8, 4) is 22.8 Å². The van der Waals surface area contributed by atoms with Gasteiger partial charge in [-0.25, -0.2) is 24.1 Å². The Morgan fingerprint density at radius 3 is 2.38 bits per heavy atom. The standard InChI is InChI=1S/C27H19F7N6O2/c1-2-42-25(41)22(40-13-21-20(12-37-40)38-24(39-21)17-5-3-4-6-19(17)28)14-10-35-23(36-11-14)16-8-7-15(26(29,30)31)9-18(16)27(32,33)34/h3-12,22H,2,13H2,1H3,(H,38,39). The van der Waals surface area contributed by atoms with Crippen LogP contribution >= 0.6 is 0 Å². The van der Waals surface area contributed by atoms with Crippen LogP contribution in [0, 0.1) is 5.82 Å². The van der Waals surface area contributed by atoms with E-state index in [4.69, 9.17) is 4.74 Å². The number of benzene rings is 2. The zero-order chi connectivity index (χ0) is 30.2. The predicted molar refractivity (Wildman–Crippen MR) is 134 cm³/mol. The molecule has 0 amide bonds. The molecule has 1 aliphatic heterocycles. The number of rotatable bonds is 6. The van der Waals surface area contributed by atoms with Crippen molar-refractivity contribution in [2.75, 3.05) is 6.61 Å². The number of carbonyl (C=O) groups is 1. The summed E-state index contributed by atoms with van der Waals surface area (Å²) in [5.41, 5.74) is -2.50. The van der Waals surface area contributed by atoms with E-state index in [0.29, 0.717) is 23.5 Å². The maximum Gasteiger partial charge on any atom is 0.417 e. The highest BCUT2D eigenvalue weighted by Gasteiger charge is 2.39. The van der Waals surface area contributed by atoms with Crippen LogP contribution in [0.1, 0.15) is 41.0 Å². The summed E-state index contributed by atoms with van der Waals surface area (Å²) in [5.74, 6) is -1.53. The summed E-state index contributed by atoms with van der Waals surface area (Å²) < 4.78 is 99.6. The van der Waals surface area contributed by atoms with E-state index in [-0.39, 0.29) is 36.2 Å². The number of halogens is 7. The predicted octanol–water partition coefficient (Wildman–Crippen LogP) is 6.16. The topological polar surface area (TPSA) is 96.4 Å². The van der Waals surface area contributed by atoms with E-state index >= 15 is 0 Å². The summed E-state index contributed by atoms with van der Waals surface area (Å²) in [7, 11) is 0. The van der Waals surface area contributed by atoms with Gasteiger partial charge >= 0.3 is 18.3 Å². The maximum absolute atomic E-state index is 14.3. The van der Waals surface area contributed by atoms with Gasteiger partial charge in [0.15, 0.2) is 11.9 Å². The molecule has 0 saturated heterocycles. The molecule has 1 N–H and O–H groups in total. The Bertz CT molecular complexity index is 1650. The number of ether oxygens (including phenoxy) is 1. The number of nitrogens with zero attached hydrogens (tertiary/aromatic N) is 5. The zero-order valence-corrected chi connectivity index (χ0v) is 21.5. The Hall–Kier alpha value is -4.82. The quantitative estimate of drug-likeness (QED) is 0.213. The third-order valence-electron chi connectivity index (χ3n) is 6.28. The Morgan fingerprint density at radius 2 is 1.74 bits per heavy atom. The van der Waals surface area contributed by atoms with Gasteiger partial charge in [0.1, 0.15) is 17.3 Å². The van der Waals surface area contributed by atoms with Crippen molar-refractivity contribution >= 4 is 12.2 Å². The van der Waals surface area contributed by atoms with Crippen molar-refractivity contribution in [2.24, 2.45) is 5.10 Å². The Labute approximate surface area is 232 Å². The van der Waals surface area contributed by atoms with Gasteiger partial charge in [0.05, 0.1) is 41.8 Å². The molecule has 3 heterocycles. The molecule has 4 aromatic rings. The Morgan fingerprint density at radius 1 is 1.02 bits per heavy atom. The van der Waals surface area contributed by atoms with Crippen LogP contribution < -0.4 is 0 Å². The third-order valence-corrected chi connectivity index (χ3v) is 6.28. The highest BCUT2D eigenvalue weighted by molar-refractivity contribution is 5.82. The molecular weight excluding hydrogens is 573 g/mol. The van der Waals surface area contributed by atoms with Crippen LogP contribution in [-0.4, -0.2) is 43.7 Å². The lowest BCUT2D eigenvalue weighted by Gasteiger charge is -2.29. The third kappa shape index (κ3) is 5.66. The number of esters is 1. The van der Waals surface area contributed by atoms with Gasteiger partial charge in [0.25, 0.3) is 0 Å². The van der Waals surface area contributed by atoms with Gasteiger partial charge < -0.3 is 9.72 Å². The number of alkyl halides is 6. The van der Waals surface area contributed by atoms with Gasteiger partial charge in [-0.3, -0.25) is 5.01 Å². The molecule has 8 nitrogen and oxygen atoms in total. The fourth-order valence-corrected chi connectivity index (χ4v) is 4.34. The SMILES string of the molecule is CCOC(=O)C(c1cnc(-c2ccc(C(F)(F)F)cc2C(F)(F)F)nc1)N1Cc2[nH]c(-c3ccccc3F)nc2C=N1. The monoisotopic (exact) mass is 592 g/mol. The number of carbonyl (C=O) groups excluding carboxylic acids is 1. The zero-order valence-electron chi connectivity index (χ0n) is 21.5. The minimum Gasteiger partial charge on any atom is -0.464 e. The minimum absolute atomic E-state index is 0.000928. The second-order valence-corrected chi connectivity index (χ2v) is 9.02.